The molecule has 0 fully saturated rings. The van der Waals surface area contributed by atoms with Gasteiger partial charge in [-0.1, -0.05) is 12.1 Å². The molecule has 0 amide bonds. The molecule has 0 unspecified atom stereocenters. The maximum Gasteiger partial charge on any atom is 0.0571 e. The Morgan fingerprint density at radius 3 is 1.83 bits per heavy atom. The van der Waals surface area contributed by atoms with Crippen molar-refractivity contribution in [2.45, 2.75) is 0 Å². The molecular weight excluding hydrogens is 224 g/mol. The van der Waals surface area contributed by atoms with Crippen LogP contribution in [-0.2, 0) is 0 Å². The summed E-state index contributed by atoms with van der Waals surface area (Å²) in [6.07, 6.45) is 0. The third kappa shape index (κ3) is 4.25. The maximum absolute atomic E-state index is 5.57. The van der Waals surface area contributed by atoms with Gasteiger partial charge in [0.05, 0.1) is 11.4 Å². The van der Waals surface area contributed by atoms with Crippen LogP contribution in [0, 0.1) is 0 Å². The molecule has 0 heterocycles. The number of para-hydroxylation sites is 2. The molecule has 0 aliphatic rings. The molecule has 96 valence electrons. The zero-order chi connectivity index (χ0) is 13.4. The van der Waals surface area contributed by atoms with Crippen LogP contribution in [0.4, 0.5) is 22.7 Å². The summed E-state index contributed by atoms with van der Waals surface area (Å²) in [5, 5.41) is 5.97. The lowest BCUT2D eigenvalue weighted by Gasteiger charge is -2.01. The standard InChI is InChI=1S/2C7H10N2/c1-9-7-4-2-6(8)3-5-7;1-9-7-5-3-2-4-6(7)8/h2*2-5,9H,8H2,1H3. The largest absolute Gasteiger partial charge is 0.399 e. The Morgan fingerprint density at radius 2 is 1.39 bits per heavy atom. The van der Waals surface area contributed by atoms with E-state index in [1.165, 1.54) is 0 Å². The zero-order valence-corrected chi connectivity index (χ0v) is 10.8. The number of hydrogen-bond donors (Lipinski definition) is 4. The van der Waals surface area contributed by atoms with Crippen LogP contribution in [0.25, 0.3) is 0 Å². The van der Waals surface area contributed by atoms with E-state index in [1.807, 2.05) is 62.6 Å². The summed E-state index contributed by atoms with van der Waals surface area (Å²) < 4.78 is 0. The van der Waals surface area contributed by atoms with Crippen molar-refractivity contribution in [1.29, 1.82) is 0 Å². The van der Waals surface area contributed by atoms with Crippen LogP contribution in [-0.4, -0.2) is 14.1 Å². The van der Waals surface area contributed by atoms with E-state index in [-0.39, 0.29) is 0 Å². The molecule has 0 aliphatic carbocycles. The predicted octanol–water partition coefficient (Wildman–Crippen LogP) is 2.62. The minimum atomic E-state index is 0.792. The van der Waals surface area contributed by atoms with Crippen LogP contribution in [0.5, 0.6) is 0 Å². The molecule has 0 saturated heterocycles. The quantitative estimate of drug-likeness (QED) is 0.613. The maximum atomic E-state index is 5.57. The average Bonchev–Trinajstić information content (AvgIpc) is 2.41. The third-order valence-electron chi connectivity index (χ3n) is 2.43. The number of rotatable bonds is 2. The molecule has 2 rings (SSSR count). The van der Waals surface area contributed by atoms with E-state index >= 15 is 0 Å². The molecule has 2 aromatic carbocycles. The summed E-state index contributed by atoms with van der Waals surface area (Å²) in [7, 11) is 3.73. The van der Waals surface area contributed by atoms with E-state index in [1.54, 1.807) is 0 Å². The lowest BCUT2D eigenvalue weighted by atomic mass is 10.3. The number of anilines is 4. The van der Waals surface area contributed by atoms with Gasteiger partial charge in [0.2, 0.25) is 0 Å². The molecule has 2 aromatic rings. The van der Waals surface area contributed by atoms with Crippen LogP contribution in [0.3, 0.4) is 0 Å². The Morgan fingerprint density at radius 1 is 0.778 bits per heavy atom. The van der Waals surface area contributed by atoms with Gasteiger partial charge < -0.3 is 22.1 Å². The lowest BCUT2D eigenvalue weighted by molar-refractivity contribution is 1.51. The summed E-state index contributed by atoms with van der Waals surface area (Å²) in [4.78, 5) is 0. The molecule has 0 aromatic heterocycles. The molecule has 4 heteroatoms. The molecule has 0 radical (unpaired) electrons. The van der Waals surface area contributed by atoms with Gasteiger partial charge in [-0.25, -0.2) is 0 Å². The van der Waals surface area contributed by atoms with Gasteiger partial charge in [-0.05, 0) is 36.4 Å². The van der Waals surface area contributed by atoms with Gasteiger partial charge in [-0.15, -0.1) is 0 Å². The Hall–Kier alpha value is -2.36. The highest BCUT2D eigenvalue weighted by molar-refractivity contribution is 5.65. The number of nitrogens with one attached hydrogen (secondary N) is 2. The van der Waals surface area contributed by atoms with E-state index in [9.17, 15) is 0 Å². The molecule has 0 saturated carbocycles. The van der Waals surface area contributed by atoms with Crippen LogP contribution in [0.1, 0.15) is 0 Å². The van der Waals surface area contributed by atoms with Gasteiger partial charge in [0.15, 0.2) is 0 Å². The molecule has 18 heavy (non-hydrogen) atoms. The summed E-state index contributed by atoms with van der Waals surface area (Å²) in [5.41, 5.74) is 14.7. The van der Waals surface area contributed by atoms with E-state index in [0.717, 1.165) is 22.7 Å². The predicted molar refractivity (Wildman–Crippen MR) is 80.8 cm³/mol. The average molecular weight is 244 g/mol. The minimum absolute atomic E-state index is 0.792. The van der Waals surface area contributed by atoms with Crippen molar-refractivity contribution in [2.24, 2.45) is 0 Å². The highest BCUT2D eigenvalue weighted by Crippen LogP contribution is 2.14. The van der Waals surface area contributed by atoms with E-state index in [4.69, 9.17) is 11.5 Å². The van der Waals surface area contributed by atoms with Crippen LogP contribution in [0.15, 0.2) is 48.5 Å². The fourth-order valence-corrected chi connectivity index (χ4v) is 1.37. The Balaban J connectivity index is 0.000000180. The Bertz CT molecular complexity index is 465. The van der Waals surface area contributed by atoms with Gasteiger partial charge in [0.1, 0.15) is 0 Å². The zero-order valence-electron chi connectivity index (χ0n) is 10.8. The molecule has 4 nitrogen and oxygen atoms in total. The third-order valence-corrected chi connectivity index (χ3v) is 2.43. The lowest BCUT2D eigenvalue weighted by Crippen LogP contribution is -1.93. The van der Waals surface area contributed by atoms with Crippen molar-refractivity contribution < 1.29 is 0 Å². The molecular formula is C14H20N4. The van der Waals surface area contributed by atoms with E-state index in [2.05, 4.69) is 10.6 Å². The monoisotopic (exact) mass is 244 g/mol. The van der Waals surface area contributed by atoms with Crippen molar-refractivity contribution in [1.82, 2.24) is 0 Å². The fraction of sp³-hybridized carbons (Fsp3) is 0.143. The normalized spacial score (nSPS) is 9.00. The highest BCUT2D eigenvalue weighted by Gasteiger charge is 1.89. The molecule has 0 aliphatic heterocycles. The van der Waals surface area contributed by atoms with Gasteiger partial charge in [-0.2, -0.15) is 0 Å². The Kier molecular flexibility index (Phi) is 5.38. The fourth-order valence-electron chi connectivity index (χ4n) is 1.37. The first kappa shape index (κ1) is 13.7. The second-order valence-corrected chi connectivity index (χ2v) is 3.71. The smallest absolute Gasteiger partial charge is 0.0571 e. The summed E-state index contributed by atoms with van der Waals surface area (Å²) in [5.74, 6) is 0. The summed E-state index contributed by atoms with van der Waals surface area (Å²) >= 11 is 0. The second kappa shape index (κ2) is 7.06. The van der Waals surface area contributed by atoms with Gasteiger partial charge in [0, 0.05) is 25.5 Å². The van der Waals surface area contributed by atoms with Gasteiger partial charge >= 0.3 is 0 Å². The van der Waals surface area contributed by atoms with Crippen molar-refractivity contribution in [2.75, 3.05) is 36.2 Å². The number of nitrogen functional groups attached to an aromatic ring is 2. The number of nitrogens with two attached hydrogens (primary N) is 2. The first-order valence-corrected chi connectivity index (χ1v) is 5.73. The minimum Gasteiger partial charge on any atom is -0.399 e. The van der Waals surface area contributed by atoms with Crippen LogP contribution in [0.2, 0.25) is 0 Å². The topological polar surface area (TPSA) is 76.1 Å². The molecule has 0 atom stereocenters. The van der Waals surface area contributed by atoms with Crippen LogP contribution >= 0.6 is 0 Å². The van der Waals surface area contributed by atoms with Gasteiger partial charge in [-0.3, -0.25) is 0 Å². The number of hydrogen-bond acceptors (Lipinski definition) is 4. The summed E-state index contributed by atoms with van der Waals surface area (Å²) in [6.45, 7) is 0. The van der Waals surface area contributed by atoms with E-state index in [0.29, 0.717) is 0 Å². The second-order valence-electron chi connectivity index (χ2n) is 3.71. The molecule has 0 spiro atoms. The highest BCUT2D eigenvalue weighted by atomic mass is 14.8. The first-order chi connectivity index (χ1) is 8.67. The van der Waals surface area contributed by atoms with Crippen molar-refractivity contribution >= 4 is 22.7 Å². The van der Waals surface area contributed by atoms with Gasteiger partial charge in [0.25, 0.3) is 0 Å². The summed E-state index contributed by atoms with van der Waals surface area (Å²) in [6, 6.07) is 15.3. The van der Waals surface area contributed by atoms with Crippen molar-refractivity contribution in [3.8, 4) is 0 Å². The van der Waals surface area contributed by atoms with Crippen molar-refractivity contribution in [3.05, 3.63) is 48.5 Å². The molecule has 0 bridgehead atoms. The Labute approximate surface area is 108 Å². The van der Waals surface area contributed by atoms with E-state index < -0.39 is 0 Å². The first-order valence-electron chi connectivity index (χ1n) is 5.73. The van der Waals surface area contributed by atoms with Crippen molar-refractivity contribution in [3.63, 3.8) is 0 Å². The van der Waals surface area contributed by atoms with Crippen LogP contribution < -0.4 is 22.1 Å². The molecule has 6 N–H and O–H groups in total. The number of benzene rings is 2. The SMILES string of the molecule is CNc1ccc(N)cc1.CNc1ccccc1N.